The second-order valence-electron chi connectivity index (χ2n) is 15.2. The zero-order chi connectivity index (χ0) is 49.0. The number of benzene rings is 4. The van der Waals surface area contributed by atoms with Crippen LogP contribution in [-0.4, -0.2) is 102 Å². The second-order valence-corrected chi connectivity index (χ2v) is 16.0. The van der Waals surface area contributed by atoms with Gasteiger partial charge < -0.3 is 28.9 Å². The van der Waals surface area contributed by atoms with Gasteiger partial charge in [-0.3, -0.25) is 14.7 Å². The summed E-state index contributed by atoms with van der Waals surface area (Å²) in [6, 6.07) is 25.1. The van der Waals surface area contributed by atoms with Crippen molar-refractivity contribution >= 4 is 39.4 Å². The van der Waals surface area contributed by atoms with E-state index in [1.54, 1.807) is 48.5 Å². The van der Waals surface area contributed by atoms with Gasteiger partial charge in [0.1, 0.15) is 11.6 Å². The average Bonchev–Trinajstić information content (AvgIpc) is 4.09. The van der Waals surface area contributed by atoms with Gasteiger partial charge in [-0.05, 0) is 67.8 Å². The molecule has 15 nitrogen and oxygen atoms in total. The number of carbonyl (C=O) groups excluding carboxylic acids is 2. The Balaban J connectivity index is 0.000000204. The molecule has 2 aliphatic rings. The fourth-order valence-electron chi connectivity index (χ4n) is 6.79. The minimum atomic E-state index is -2.91. The molecule has 2 fully saturated rings. The number of para-hydroxylation sites is 2. The van der Waals surface area contributed by atoms with E-state index < -0.39 is 36.3 Å². The van der Waals surface area contributed by atoms with E-state index in [1.165, 1.54) is 53.3 Å². The number of nitrogens with zero attached hydrogens (tertiary/aromatic N) is 7. The highest BCUT2D eigenvalue weighted by atomic mass is 79.9. The van der Waals surface area contributed by atoms with Gasteiger partial charge in [-0.1, -0.05) is 64.5 Å². The Bertz CT molecular complexity index is 2490. The number of amides is 4. The SMILES string of the molecule is C1CCOCC1.O=C(NCCBr)N(Cc1ccc(-c2nnc(C(F)F)o2)cc1F)c1ccccc1.O=C(NCCN1CCOCC1)N(Cc1ccc(-c2nnc(C(F)F)o2)cc1F)c1ccccc1. The zero-order valence-electron chi connectivity index (χ0n) is 37.2. The Morgan fingerprint density at radius 3 is 1.43 bits per heavy atom. The Morgan fingerprint density at radius 1 is 0.609 bits per heavy atom. The molecular weight excluding hydrogens is 980 g/mol. The van der Waals surface area contributed by atoms with E-state index in [-0.39, 0.29) is 59.2 Å². The minimum absolute atomic E-state index is 0.0314. The van der Waals surface area contributed by atoms with Gasteiger partial charge >= 0.3 is 24.9 Å². The van der Waals surface area contributed by atoms with E-state index in [9.17, 15) is 35.9 Å². The van der Waals surface area contributed by atoms with Crippen LogP contribution in [-0.2, 0) is 22.6 Å². The maximum Gasteiger partial charge on any atom is 0.322 e. The number of nitrogens with one attached hydrogen (secondary N) is 2. The van der Waals surface area contributed by atoms with Gasteiger partial charge in [-0.15, -0.1) is 20.4 Å². The monoisotopic (exact) mass is 1030 g/mol. The number of halogens is 7. The number of hydrogen-bond acceptors (Lipinski definition) is 11. The van der Waals surface area contributed by atoms with Crippen LogP contribution in [0.1, 0.15) is 55.0 Å². The molecule has 0 bridgehead atoms. The Labute approximate surface area is 402 Å². The quantitative estimate of drug-likeness (QED) is 0.0743. The van der Waals surface area contributed by atoms with E-state index in [2.05, 4.69) is 51.9 Å². The number of aromatic nitrogens is 4. The van der Waals surface area contributed by atoms with Crippen LogP contribution in [0.3, 0.4) is 0 Å². The van der Waals surface area contributed by atoms with Crippen molar-refractivity contribution in [2.75, 3.05) is 74.3 Å². The third-order valence-corrected chi connectivity index (χ3v) is 10.8. The number of ether oxygens (including phenoxy) is 2. The van der Waals surface area contributed by atoms with Gasteiger partial charge in [0.15, 0.2) is 0 Å². The van der Waals surface area contributed by atoms with Crippen LogP contribution in [0, 0.1) is 11.6 Å². The number of anilines is 2. The molecule has 4 heterocycles. The normalized spacial score (nSPS) is 13.8. The van der Waals surface area contributed by atoms with Gasteiger partial charge in [-0.25, -0.2) is 18.4 Å². The highest BCUT2D eigenvalue weighted by Crippen LogP contribution is 2.28. The molecule has 6 aromatic rings. The first-order valence-electron chi connectivity index (χ1n) is 22.0. The van der Waals surface area contributed by atoms with Crippen LogP contribution in [0.4, 0.5) is 47.3 Å². The lowest BCUT2D eigenvalue weighted by atomic mass is 10.1. The van der Waals surface area contributed by atoms with Crippen LogP contribution >= 0.6 is 15.9 Å². The fraction of sp³-hybridized carbons (Fsp3) is 0.362. The maximum absolute atomic E-state index is 14.9. The summed E-state index contributed by atoms with van der Waals surface area (Å²) in [4.78, 5) is 30.6. The van der Waals surface area contributed by atoms with Crippen molar-refractivity contribution in [1.29, 1.82) is 0 Å². The van der Waals surface area contributed by atoms with Crippen molar-refractivity contribution in [2.45, 2.75) is 45.2 Å². The third kappa shape index (κ3) is 15.8. The molecule has 0 saturated carbocycles. The molecule has 69 heavy (non-hydrogen) atoms. The molecule has 2 aliphatic heterocycles. The number of hydrogen-bond donors (Lipinski definition) is 2. The first-order valence-corrected chi connectivity index (χ1v) is 23.1. The van der Waals surface area contributed by atoms with Crippen LogP contribution in [0.5, 0.6) is 0 Å². The molecule has 4 aromatic carbocycles. The lowest BCUT2D eigenvalue weighted by molar-refractivity contribution is 0.0387. The van der Waals surface area contributed by atoms with Crippen molar-refractivity contribution in [1.82, 2.24) is 35.9 Å². The second kappa shape index (κ2) is 27.0. The summed E-state index contributed by atoms with van der Waals surface area (Å²) in [5.74, 6) is -3.33. The first-order chi connectivity index (χ1) is 33.5. The summed E-state index contributed by atoms with van der Waals surface area (Å²) in [6.45, 7) is 6.44. The Kier molecular flexibility index (Phi) is 20.3. The van der Waals surface area contributed by atoms with E-state index in [4.69, 9.17) is 18.3 Å². The molecule has 4 amide bonds. The van der Waals surface area contributed by atoms with Crippen molar-refractivity contribution < 1.29 is 54.2 Å². The molecule has 0 atom stereocenters. The largest absolute Gasteiger partial charge is 0.415 e. The van der Waals surface area contributed by atoms with Crippen molar-refractivity contribution in [2.24, 2.45) is 0 Å². The summed E-state index contributed by atoms with van der Waals surface area (Å²) in [6.07, 6.45) is -1.88. The summed E-state index contributed by atoms with van der Waals surface area (Å²) in [5.41, 5.74) is 2.02. The molecule has 2 aromatic heterocycles. The van der Waals surface area contributed by atoms with Crippen molar-refractivity contribution in [3.8, 4) is 22.9 Å². The number of carbonyl (C=O) groups is 2. The third-order valence-electron chi connectivity index (χ3n) is 10.4. The van der Waals surface area contributed by atoms with Gasteiger partial charge in [0, 0.05) is 84.9 Å². The van der Waals surface area contributed by atoms with E-state index in [0.29, 0.717) is 49.6 Å². The van der Waals surface area contributed by atoms with Gasteiger partial charge in [0.25, 0.3) is 11.8 Å². The van der Waals surface area contributed by atoms with Crippen molar-refractivity contribution in [3.63, 3.8) is 0 Å². The molecule has 2 N–H and O–H groups in total. The Hall–Kier alpha value is -6.36. The number of morpholine rings is 1. The molecular formula is C47H50BrF6N9O6. The smallest absolute Gasteiger partial charge is 0.322 e. The van der Waals surface area contributed by atoms with Crippen molar-refractivity contribution in [3.05, 3.63) is 132 Å². The summed E-state index contributed by atoms with van der Waals surface area (Å²) >= 11 is 3.24. The number of rotatable bonds is 15. The minimum Gasteiger partial charge on any atom is -0.415 e. The topological polar surface area (TPSA) is 164 Å². The summed E-state index contributed by atoms with van der Waals surface area (Å²) in [7, 11) is 0. The molecule has 0 unspecified atom stereocenters. The van der Waals surface area contributed by atoms with E-state index in [0.717, 1.165) is 38.4 Å². The highest BCUT2D eigenvalue weighted by molar-refractivity contribution is 9.09. The lowest BCUT2D eigenvalue weighted by Gasteiger charge is -2.28. The van der Waals surface area contributed by atoms with Crippen LogP contribution in [0.15, 0.2) is 106 Å². The van der Waals surface area contributed by atoms with Gasteiger partial charge in [0.05, 0.1) is 26.3 Å². The molecule has 22 heteroatoms. The molecule has 8 rings (SSSR count). The van der Waals surface area contributed by atoms with Gasteiger partial charge in [0.2, 0.25) is 11.8 Å². The standard InChI is InChI=1S/C23H24F3N5O3.C19H16BrF3N4O2.C5H10O/c24-19-14-16(21-28-29-22(34-21)20(25)26)6-7-17(19)15-31(18-4-2-1-3-5-18)23(32)27-8-9-30-10-12-33-13-11-30;20-8-9-24-19(28)27(14-4-2-1-3-5-14)11-13-7-6-12(10-15(13)21)17-25-26-18(29-17)16(22)23;1-2-4-6-5-3-1/h1-7,14,20H,8-13,15H2,(H,27,32);1-7,10,16H,8-9,11H2,(H,24,28);1-5H2. The Morgan fingerprint density at radius 2 is 1.06 bits per heavy atom. The summed E-state index contributed by atoms with van der Waals surface area (Å²) < 4.78 is 100. The number of alkyl halides is 5. The zero-order valence-corrected chi connectivity index (χ0v) is 38.8. The molecule has 0 aliphatic carbocycles. The predicted molar refractivity (Wildman–Crippen MR) is 247 cm³/mol. The van der Waals surface area contributed by atoms with Gasteiger partial charge in [-0.2, -0.15) is 17.6 Å². The van der Waals surface area contributed by atoms with Crippen LogP contribution < -0.4 is 20.4 Å². The highest BCUT2D eigenvalue weighted by Gasteiger charge is 2.23. The predicted octanol–water partition coefficient (Wildman–Crippen LogP) is 9.97. The molecule has 0 spiro atoms. The van der Waals surface area contributed by atoms with Crippen LogP contribution in [0.25, 0.3) is 22.9 Å². The summed E-state index contributed by atoms with van der Waals surface area (Å²) in [5, 5.41) is 19.7. The maximum atomic E-state index is 14.9. The fourth-order valence-corrected chi connectivity index (χ4v) is 6.99. The average molecular weight is 1030 g/mol. The van der Waals surface area contributed by atoms with E-state index >= 15 is 0 Å². The van der Waals surface area contributed by atoms with E-state index in [1.807, 2.05) is 12.1 Å². The lowest BCUT2D eigenvalue weighted by Crippen LogP contribution is -2.45. The first kappa shape index (κ1) is 52.0. The molecule has 0 radical (unpaired) electrons. The van der Waals surface area contributed by atoms with Crippen LogP contribution in [0.2, 0.25) is 0 Å². The number of urea groups is 2. The molecule has 2 saturated heterocycles. The molecule has 368 valence electrons.